The van der Waals surface area contributed by atoms with E-state index in [-0.39, 0.29) is 11.3 Å². The van der Waals surface area contributed by atoms with Gasteiger partial charge in [-0.1, -0.05) is 12.1 Å². The maximum atomic E-state index is 12.2. The first-order valence-electron chi connectivity index (χ1n) is 6.70. The molecule has 3 rings (SSSR count). The van der Waals surface area contributed by atoms with Crippen molar-refractivity contribution in [1.29, 1.82) is 0 Å². The Kier molecular flexibility index (Phi) is 3.63. The number of fused-ring (bicyclic) bond motifs is 1. The lowest BCUT2D eigenvalue weighted by Crippen LogP contribution is -2.17. The molecule has 2 aromatic carbocycles. The molecule has 4 nitrogen and oxygen atoms in total. The minimum Gasteiger partial charge on any atom is -0.485 e. The van der Waals surface area contributed by atoms with Gasteiger partial charge in [-0.2, -0.15) is 0 Å². The van der Waals surface area contributed by atoms with Crippen molar-refractivity contribution < 1.29 is 32.5 Å². The second-order valence-electron chi connectivity index (χ2n) is 5.06. The molecule has 1 aliphatic rings. The molecule has 0 aliphatic carbocycles. The average Bonchev–Trinajstić information content (AvgIpc) is 2.89. The SMILES string of the molecule is O=C(O)c1cccc(C2Cc3cc(OC(F)(F)F)ccc3O2)c1. The molecule has 1 heterocycles. The summed E-state index contributed by atoms with van der Waals surface area (Å²) in [6.45, 7) is 0. The number of rotatable bonds is 3. The lowest BCUT2D eigenvalue weighted by molar-refractivity contribution is -0.274. The Hall–Kier alpha value is -2.70. The number of aromatic carboxylic acids is 1. The molecule has 2 aromatic rings. The topological polar surface area (TPSA) is 55.8 Å². The number of carboxylic acid groups (broad SMARTS) is 1. The van der Waals surface area contributed by atoms with Gasteiger partial charge in [-0.05, 0) is 35.9 Å². The fourth-order valence-electron chi connectivity index (χ4n) is 2.48. The monoisotopic (exact) mass is 324 g/mol. The molecule has 7 heteroatoms. The summed E-state index contributed by atoms with van der Waals surface area (Å²) in [5.41, 5.74) is 1.36. The minimum atomic E-state index is -4.75. The van der Waals surface area contributed by atoms with Crippen molar-refractivity contribution in [2.45, 2.75) is 18.9 Å². The number of ether oxygens (including phenoxy) is 2. The lowest BCUT2D eigenvalue weighted by atomic mass is 10.0. The predicted molar refractivity (Wildman–Crippen MR) is 73.6 cm³/mol. The Bertz CT molecular complexity index is 755. The highest BCUT2D eigenvalue weighted by Gasteiger charge is 2.32. The highest BCUT2D eigenvalue weighted by atomic mass is 19.4. The van der Waals surface area contributed by atoms with E-state index < -0.39 is 18.4 Å². The Morgan fingerprint density at radius 2 is 2.00 bits per heavy atom. The summed E-state index contributed by atoms with van der Waals surface area (Å²) in [6.07, 6.45) is -4.85. The fourth-order valence-corrected chi connectivity index (χ4v) is 2.48. The van der Waals surface area contributed by atoms with Crippen LogP contribution in [0.2, 0.25) is 0 Å². The number of benzene rings is 2. The van der Waals surface area contributed by atoms with Crippen LogP contribution in [0.25, 0.3) is 0 Å². The smallest absolute Gasteiger partial charge is 0.485 e. The summed E-state index contributed by atoms with van der Waals surface area (Å²) in [6, 6.07) is 10.2. The van der Waals surface area contributed by atoms with Gasteiger partial charge in [0.05, 0.1) is 5.56 Å². The number of alkyl halides is 3. The highest BCUT2D eigenvalue weighted by molar-refractivity contribution is 5.87. The third kappa shape index (κ3) is 3.39. The largest absolute Gasteiger partial charge is 0.573 e. The summed E-state index contributed by atoms with van der Waals surface area (Å²) >= 11 is 0. The first-order chi connectivity index (χ1) is 10.8. The third-order valence-corrected chi connectivity index (χ3v) is 3.45. The van der Waals surface area contributed by atoms with Gasteiger partial charge in [0.15, 0.2) is 0 Å². The van der Waals surface area contributed by atoms with Crippen LogP contribution in [-0.4, -0.2) is 17.4 Å². The molecule has 0 fully saturated rings. The maximum absolute atomic E-state index is 12.2. The van der Waals surface area contributed by atoms with Crippen LogP contribution >= 0.6 is 0 Å². The van der Waals surface area contributed by atoms with Crippen LogP contribution in [0.15, 0.2) is 42.5 Å². The van der Waals surface area contributed by atoms with Crippen molar-refractivity contribution in [1.82, 2.24) is 0 Å². The van der Waals surface area contributed by atoms with Crippen molar-refractivity contribution in [2.75, 3.05) is 0 Å². The summed E-state index contributed by atoms with van der Waals surface area (Å²) in [5.74, 6) is -0.895. The Balaban J connectivity index is 1.82. The Morgan fingerprint density at radius 3 is 2.70 bits per heavy atom. The number of carboxylic acids is 1. The first-order valence-corrected chi connectivity index (χ1v) is 6.70. The molecule has 0 bridgehead atoms. The van der Waals surface area contributed by atoms with Crippen molar-refractivity contribution in [3.63, 3.8) is 0 Å². The molecule has 23 heavy (non-hydrogen) atoms. The van der Waals surface area contributed by atoms with E-state index >= 15 is 0 Å². The van der Waals surface area contributed by atoms with E-state index in [0.29, 0.717) is 23.3 Å². The second-order valence-corrected chi connectivity index (χ2v) is 5.06. The van der Waals surface area contributed by atoms with Gasteiger partial charge >= 0.3 is 12.3 Å². The van der Waals surface area contributed by atoms with Crippen molar-refractivity contribution >= 4 is 5.97 Å². The normalized spacial score (nSPS) is 16.6. The Morgan fingerprint density at radius 1 is 1.22 bits per heavy atom. The molecule has 0 radical (unpaired) electrons. The van der Waals surface area contributed by atoms with Crippen molar-refractivity contribution in [3.8, 4) is 11.5 Å². The van der Waals surface area contributed by atoms with Gasteiger partial charge in [0.25, 0.3) is 0 Å². The van der Waals surface area contributed by atoms with Gasteiger partial charge in [-0.3, -0.25) is 0 Å². The third-order valence-electron chi connectivity index (χ3n) is 3.45. The van der Waals surface area contributed by atoms with Crippen molar-refractivity contribution in [2.24, 2.45) is 0 Å². The molecule has 0 amide bonds. The number of hydrogen-bond donors (Lipinski definition) is 1. The molecule has 0 spiro atoms. The van der Waals surface area contributed by atoms with E-state index in [9.17, 15) is 18.0 Å². The van der Waals surface area contributed by atoms with E-state index in [2.05, 4.69) is 4.74 Å². The van der Waals surface area contributed by atoms with Crippen LogP contribution in [0.5, 0.6) is 11.5 Å². The number of carbonyl (C=O) groups is 1. The van der Waals surface area contributed by atoms with E-state index in [1.807, 2.05) is 0 Å². The van der Waals surface area contributed by atoms with E-state index in [0.717, 1.165) is 0 Å². The lowest BCUT2D eigenvalue weighted by Gasteiger charge is -2.11. The molecule has 0 saturated heterocycles. The maximum Gasteiger partial charge on any atom is 0.573 e. The quantitative estimate of drug-likeness (QED) is 0.928. The molecule has 1 atom stereocenters. The van der Waals surface area contributed by atoms with E-state index in [1.54, 1.807) is 12.1 Å². The number of halogens is 3. The van der Waals surface area contributed by atoms with Crippen molar-refractivity contribution in [3.05, 3.63) is 59.2 Å². The zero-order chi connectivity index (χ0) is 16.6. The summed E-state index contributed by atoms with van der Waals surface area (Å²) in [4.78, 5) is 11.0. The molecule has 120 valence electrons. The van der Waals surface area contributed by atoms with E-state index in [4.69, 9.17) is 9.84 Å². The molecule has 1 aliphatic heterocycles. The van der Waals surface area contributed by atoms with Crippen LogP contribution in [0.1, 0.15) is 27.6 Å². The second kappa shape index (κ2) is 5.49. The van der Waals surface area contributed by atoms with Crippen LogP contribution in [0, 0.1) is 0 Å². The summed E-state index contributed by atoms with van der Waals surface area (Å²) < 4.78 is 46.3. The first kappa shape index (κ1) is 15.2. The molecule has 1 unspecified atom stereocenters. The molecule has 1 N–H and O–H groups in total. The van der Waals surface area contributed by atoms with Gasteiger partial charge in [-0.15, -0.1) is 13.2 Å². The predicted octanol–water partition coefficient (Wildman–Crippen LogP) is 3.96. The number of hydrogen-bond acceptors (Lipinski definition) is 3. The average molecular weight is 324 g/mol. The summed E-state index contributed by atoms with van der Waals surface area (Å²) in [5, 5.41) is 9.01. The van der Waals surface area contributed by atoms with Gasteiger partial charge in [0.1, 0.15) is 17.6 Å². The van der Waals surface area contributed by atoms with E-state index in [1.165, 1.54) is 30.3 Å². The molecular weight excluding hydrogens is 313 g/mol. The van der Waals surface area contributed by atoms with Gasteiger partial charge in [0.2, 0.25) is 0 Å². The zero-order valence-corrected chi connectivity index (χ0v) is 11.6. The standard InChI is InChI=1S/C16H11F3O4/c17-16(18,19)23-12-4-5-13-11(7-12)8-14(22-13)9-2-1-3-10(6-9)15(20)21/h1-7,14H,8H2,(H,20,21). The molecular formula is C16H11F3O4. The highest BCUT2D eigenvalue weighted by Crippen LogP contribution is 2.39. The molecule has 0 saturated carbocycles. The van der Waals surface area contributed by atoms with Crippen LogP contribution in [-0.2, 0) is 6.42 Å². The van der Waals surface area contributed by atoms with Crippen LogP contribution in [0.3, 0.4) is 0 Å². The fraction of sp³-hybridized carbons (Fsp3) is 0.188. The van der Waals surface area contributed by atoms with Crippen LogP contribution < -0.4 is 9.47 Å². The van der Waals surface area contributed by atoms with Gasteiger partial charge in [-0.25, -0.2) is 4.79 Å². The zero-order valence-electron chi connectivity index (χ0n) is 11.6. The minimum absolute atomic E-state index is 0.128. The van der Waals surface area contributed by atoms with Gasteiger partial charge in [0, 0.05) is 12.0 Å². The molecule has 0 aromatic heterocycles. The van der Waals surface area contributed by atoms with Crippen LogP contribution in [0.4, 0.5) is 13.2 Å². The Labute approximate surface area is 129 Å². The van der Waals surface area contributed by atoms with Gasteiger partial charge < -0.3 is 14.6 Å². The summed E-state index contributed by atoms with van der Waals surface area (Å²) in [7, 11) is 0.